The first-order valence-corrected chi connectivity index (χ1v) is 1.35. The van der Waals surface area contributed by atoms with Gasteiger partial charge in [0, 0.05) is 57.7 Å². The molecule has 0 aromatic carbocycles. The Labute approximate surface area is 83.6 Å². The molecule has 2 heteroatoms. The molecule has 0 nitrogen and oxygen atoms in total. The largest absolute Gasteiger partial charge is 0.358 e. The topological polar surface area (TPSA) is 0 Å². The standard InChI is InChI=1S/C4H6.CH3.V.Y/c1-3-4-2;;;/h1H,4H2,2H3;1H3;;/q;-1;;. The van der Waals surface area contributed by atoms with Gasteiger partial charge in [-0.05, 0) is 0 Å². The van der Waals surface area contributed by atoms with E-state index in [4.69, 9.17) is 6.42 Å². The fraction of sp³-hybridized carbons (Fsp3) is 0.400. The maximum atomic E-state index is 4.78. The third kappa shape index (κ3) is 39.5. The molecule has 0 aliphatic rings. The molecule has 0 atom stereocenters. The Morgan fingerprint density at radius 2 is 1.71 bits per heavy atom. The van der Waals surface area contributed by atoms with Crippen molar-refractivity contribution in [3.63, 3.8) is 0 Å². The number of hydrogen-bond acceptors (Lipinski definition) is 0. The molecule has 0 saturated carbocycles. The third-order valence-electron chi connectivity index (χ3n) is 0.204. The Balaban J connectivity index is -0.0000000150. The molecule has 0 unspecified atom stereocenters. The van der Waals surface area contributed by atoms with Crippen LogP contribution >= 0.6 is 0 Å². The summed E-state index contributed by atoms with van der Waals surface area (Å²) in [4.78, 5) is 0. The fourth-order valence-electron chi connectivity index (χ4n) is 0. The van der Waals surface area contributed by atoms with Gasteiger partial charge in [0.1, 0.15) is 0 Å². The molecule has 0 bridgehead atoms. The summed E-state index contributed by atoms with van der Waals surface area (Å²) in [5.74, 6) is 2.43. The second kappa shape index (κ2) is 26.8. The van der Waals surface area contributed by atoms with E-state index in [2.05, 4.69) is 5.92 Å². The predicted molar refractivity (Wildman–Crippen MR) is 25.5 cm³/mol. The predicted octanol–water partition coefficient (Wildman–Crippen LogP) is 1.47. The first kappa shape index (κ1) is 24.0. The van der Waals surface area contributed by atoms with Gasteiger partial charge >= 0.3 is 0 Å². The van der Waals surface area contributed by atoms with Crippen LogP contribution in [-0.4, -0.2) is 0 Å². The second-order valence-corrected chi connectivity index (χ2v) is 0.558. The number of rotatable bonds is 0. The van der Waals surface area contributed by atoms with E-state index >= 15 is 0 Å². The first-order chi connectivity index (χ1) is 1.91. The molecule has 0 saturated heterocycles. The van der Waals surface area contributed by atoms with E-state index in [9.17, 15) is 0 Å². The Morgan fingerprint density at radius 3 is 1.71 bits per heavy atom. The summed E-state index contributed by atoms with van der Waals surface area (Å²) >= 11 is 0. The average Bonchev–Trinajstić information content (AvgIpc) is 1.37. The van der Waals surface area contributed by atoms with E-state index < -0.39 is 0 Å². The zero-order valence-corrected chi connectivity index (χ0v) is 9.04. The molecule has 38 valence electrons. The van der Waals surface area contributed by atoms with Crippen LogP contribution < -0.4 is 0 Å². The van der Waals surface area contributed by atoms with Crippen LogP contribution in [0.1, 0.15) is 13.3 Å². The fourth-order valence-corrected chi connectivity index (χ4v) is 0. The summed E-state index contributed by atoms with van der Waals surface area (Å²) in [6.45, 7) is 1.94. The third-order valence-corrected chi connectivity index (χ3v) is 0.204. The van der Waals surface area contributed by atoms with Crippen molar-refractivity contribution in [3.8, 4) is 12.3 Å². The van der Waals surface area contributed by atoms with Crippen molar-refractivity contribution in [1.82, 2.24) is 0 Å². The average molecular weight is 209 g/mol. The normalized spacial score (nSPS) is 2.86. The zero-order chi connectivity index (χ0) is 3.41. The summed E-state index contributed by atoms with van der Waals surface area (Å²) in [7, 11) is 0. The van der Waals surface area contributed by atoms with Crippen molar-refractivity contribution in [2.75, 3.05) is 0 Å². The molecule has 0 rings (SSSR count). The zero-order valence-electron chi connectivity index (χ0n) is 4.81. The maximum absolute atomic E-state index is 4.78. The minimum Gasteiger partial charge on any atom is -0.358 e. The molecule has 0 N–H and O–H groups in total. The van der Waals surface area contributed by atoms with Gasteiger partial charge in [0.05, 0.1) is 0 Å². The monoisotopic (exact) mass is 209 g/mol. The molecule has 7 heavy (non-hydrogen) atoms. The van der Waals surface area contributed by atoms with E-state index in [1.165, 1.54) is 0 Å². The molecule has 0 amide bonds. The summed E-state index contributed by atoms with van der Waals surface area (Å²) in [5, 5.41) is 0. The van der Waals surface area contributed by atoms with Gasteiger partial charge in [0.25, 0.3) is 0 Å². The smallest absolute Gasteiger partial charge is 0.00576 e. The number of terminal acetylenes is 1. The summed E-state index contributed by atoms with van der Waals surface area (Å²) in [5.41, 5.74) is 0. The Bertz CT molecular complexity index is 37.8. The van der Waals surface area contributed by atoms with Crippen LogP contribution in [-0.2, 0) is 51.3 Å². The summed E-state index contributed by atoms with van der Waals surface area (Å²) in [6, 6.07) is 0. The van der Waals surface area contributed by atoms with E-state index in [0.717, 1.165) is 6.42 Å². The van der Waals surface area contributed by atoms with Crippen LogP contribution in [0.4, 0.5) is 0 Å². The van der Waals surface area contributed by atoms with Gasteiger partial charge in [-0.25, -0.2) is 0 Å². The van der Waals surface area contributed by atoms with Gasteiger partial charge in [-0.3, -0.25) is 0 Å². The minimum absolute atomic E-state index is 0. The van der Waals surface area contributed by atoms with Crippen LogP contribution in [0.5, 0.6) is 0 Å². The molecule has 0 aromatic rings. The van der Waals surface area contributed by atoms with Crippen molar-refractivity contribution < 1.29 is 51.3 Å². The molecular weight excluding hydrogens is 200 g/mol. The molecule has 0 aromatic heterocycles. The van der Waals surface area contributed by atoms with Gasteiger partial charge in [-0.2, -0.15) is 0 Å². The molecule has 0 fully saturated rings. The molecule has 0 aliphatic carbocycles. The first-order valence-electron chi connectivity index (χ1n) is 1.35. The van der Waals surface area contributed by atoms with Gasteiger partial charge in [0.2, 0.25) is 0 Å². The van der Waals surface area contributed by atoms with E-state index in [1.54, 1.807) is 0 Å². The van der Waals surface area contributed by atoms with Crippen LogP contribution in [0.2, 0.25) is 0 Å². The van der Waals surface area contributed by atoms with Crippen LogP contribution in [0.25, 0.3) is 0 Å². The maximum Gasteiger partial charge on any atom is 0.00576 e. The van der Waals surface area contributed by atoms with Crippen molar-refractivity contribution in [2.45, 2.75) is 13.3 Å². The molecule has 0 aliphatic heterocycles. The minimum atomic E-state index is 0. The second-order valence-electron chi connectivity index (χ2n) is 0.558. The molecule has 0 spiro atoms. The summed E-state index contributed by atoms with van der Waals surface area (Å²) < 4.78 is 0. The molecule has 2 radical (unpaired) electrons. The van der Waals surface area contributed by atoms with Crippen molar-refractivity contribution in [2.24, 2.45) is 0 Å². The summed E-state index contributed by atoms with van der Waals surface area (Å²) in [6.07, 6.45) is 5.62. The Hall–Kier alpha value is 1.25. The van der Waals surface area contributed by atoms with Gasteiger partial charge in [-0.15, -0.1) is 12.3 Å². The van der Waals surface area contributed by atoms with Crippen molar-refractivity contribution in [3.05, 3.63) is 7.43 Å². The SMILES string of the molecule is C#CCC.[CH3-].[V].[Y]. The molecular formula is C5H9VY-. The van der Waals surface area contributed by atoms with Gasteiger partial charge in [0.15, 0.2) is 0 Å². The van der Waals surface area contributed by atoms with Crippen molar-refractivity contribution in [1.29, 1.82) is 0 Å². The van der Waals surface area contributed by atoms with Crippen LogP contribution in [0.3, 0.4) is 0 Å². The van der Waals surface area contributed by atoms with E-state index in [0.29, 0.717) is 0 Å². The van der Waals surface area contributed by atoms with E-state index in [1.807, 2.05) is 6.92 Å². The van der Waals surface area contributed by atoms with Crippen LogP contribution in [0.15, 0.2) is 0 Å². The van der Waals surface area contributed by atoms with E-state index in [-0.39, 0.29) is 58.7 Å². The Morgan fingerprint density at radius 1 is 1.57 bits per heavy atom. The molecule has 0 heterocycles. The van der Waals surface area contributed by atoms with Crippen LogP contribution in [0, 0.1) is 19.8 Å². The quantitative estimate of drug-likeness (QED) is 0.418. The van der Waals surface area contributed by atoms with Crippen molar-refractivity contribution >= 4 is 0 Å². The van der Waals surface area contributed by atoms with Gasteiger partial charge in [-0.1, -0.05) is 6.92 Å². The Kier molecular flexibility index (Phi) is 92.0. The van der Waals surface area contributed by atoms with Gasteiger partial charge < -0.3 is 7.43 Å². The number of hydrogen-bond donors (Lipinski definition) is 0.